The van der Waals surface area contributed by atoms with E-state index < -0.39 is 6.03 Å². The van der Waals surface area contributed by atoms with E-state index in [1.54, 1.807) is 0 Å². The second-order valence-corrected chi connectivity index (χ2v) is 4.61. The largest absolute Gasteiger partial charge is 0.383 e. The Kier molecular flexibility index (Phi) is 6.05. The minimum absolute atomic E-state index is 0.464. The van der Waals surface area contributed by atoms with Gasteiger partial charge in [0.15, 0.2) is 0 Å². The molecule has 0 spiro atoms. The summed E-state index contributed by atoms with van der Waals surface area (Å²) in [6.07, 6.45) is 4.97. The highest BCUT2D eigenvalue weighted by Crippen LogP contribution is 2.15. The maximum Gasteiger partial charge on any atom is 0.316 e. The Hall–Kier alpha value is -1.71. The maximum atomic E-state index is 10.7. The van der Waals surface area contributed by atoms with Gasteiger partial charge in [-0.15, -0.1) is 0 Å². The molecule has 0 heterocycles. The summed E-state index contributed by atoms with van der Waals surface area (Å²) in [6.45, 7) is 4.40. The number of anilines is 2. The van der Waals surface area contributed by atoms with E-state index in [9.17, 15) is 4.79 Å². The van der Waals surface area contributed by atoms with Crippen LogP contribution in [0.1, 0.15) is 39.5 Å². The molecule has 1 unspecified atom stereocenters. The van der Waals surface area contributed by atoms with Gasteiger partial charge in [-0.25, -0.2) is 4.79 Å². The molecule has 18 heavy (non-hydrogen) atoms. The smallest absolute Gasteiger partial charge is 0.316 e. The number of unbranched alkanes of at least 4 members (excludes halogenated alkanes) is 2. The van der Waals surface area contributed by atoms with Gasteiger partial charge in [0.25, 0.3) is 0 Å². The highest BCUT2D eigenvalue weighted by Gasteiger charge is 2.02. The van der Waals surface area contributed by atoms with Crippen molar-refractivity contribution in [3.8, 4) is 0 Å². The van der Waals surface area contributed by atoms with Crippen molar-refractivity contribution in [3.63, 3.8) is 0 Å². The standard InChI is InChI=1S/C14H23N3O/c1-3-4-5-6-11(2)16-12-7-9-13(10-8-12)17-14(15)18/h7-11,16H,3-6H2,1-2H3,(H3,15,17,18). The number of hydrogen-bond acceptors (Lipinski definition) is 2. The molecule has 0 aliphatic heterocycles. The van der Waals surface area contributed by atoms with Crippen LogP contribution in [0.2, 0.25) is 0 Å². The van der Waals surface area contributed by atoms with Crippen LogP contribution in [0, 0.1) is 0 Å². The van der Waals surface area contributed by atoms with Crippen molar-refractivity contribution in [3.05, 3.63) is 24.3 Å². The lowest BCUT2D eigenvalue weighted by Crippen LogP contribution is -2.19. The number of nitrogens with one attached hydrogen (secondary N) is 2. The van der Waals surface area contributed by atoms with Crippen molar-refractivity contribution in [2.75, 3.05) is 10.6 Å². The molecule has 0 aliphatic carbocycles. The predicted molar refractivity (Wildman–Crippen MR) is 76.9 cm³/mol. The fourth-order valence-electron chi connectivity index (χ4n) is 1.85. The van der Waals surface area contributed by atoms with Crippen molar-refractivity contribution < 1.29 is 4.79 Å². The topological polar surface area (TPSA) is 67.2 Å². The third kappa shape index (κ3) is 5.57. The van der Waals surface area contributed by atoms with Crippen LogP contribution in [0.15, 0.2) is 24.3 Å². The van der Waals surface area contributed by atoms with Crippen molar-refractivity contribution in [1.29, 1.82) is 0 Å². The van der Waals surface area contributed by atoms with Crippen LogP contribution in [0.4, 0.5) is 16.2 Å². The summed E-state index contributed by atoms with van der Waals surface area (Å²) in [5, 5.41) is 5.98. The number of carbonyl (C=O) groups is 1. The number of hydrogen-bond donors (Lipinski definition) is 3. The Morgan fingerprint density at radius 3 is 2.39 bits per heavy atom. The van der Waals surface area contributed by atoms with Gasteiger partial charge in [0.2, 0.25) is 0 Å². The molecule has 0 saturated heterocycles. The molecule has 0 bridgehead atoms. The van der Waals surface area contributed by atoms with Crippen LogP contribution in [0.5, 0.6) is 0 Å². The molecule has 0 aliphatic rings. The number of carbonyl (C=O) groups excluding carboxylic acids is 1. The van der Waals surface area contributed by atoms with Crippen LogP contribution in [-0.2, 0) is 0 Å². The summed E-state index contributed by atoms with van der Waals surface area (Å²) in [4.78, 5) is 10.7. The minimum atomic E-state index is -0.538. The normalized spacial score (nSPS) is 11.9. The van der Waals surface area contributed by atoms with E-state index in [-0.39, 0.29) is 0 Å². The number of benzene rings is 1. The van der Waals surface area contributed by atoms with Crippen LogP contribution in [0.25, 0.3) is 0 Å². The second kappa shape index (κ2) is 7.58. The van der Waals surface area contributed by atoms with Gasteiger partial charge >= 0.3 is 6.03 Å². The number of amides is 2. The molecule has 0 radical (unpaired) electrons. The van der Waals surface area contributed by atoms with Gasteiger partial charge in [0.05, 0.1) is 0 Å². The van der Waals surface area contributed by atoms with E-state index in [4.69, 9.17) is 5.73 Å². The van der Waals surface area contributed by atoms with Crippen LogP contribution in [0.3, 0.4) is 0 Å². The van der Waals surface area contributed by atoms with Gasteiger partial charge in [-0.2, -0.15) is 0 Å². The third-order valence-corrected chi connectivity index (χ3v) is 2.81. The van der Waals surface area contributed by atoms with Crippen molar-refractivity contribution in [2.24, 2.45) is 5.73 Å². The Balaban J connectivity index is 2.40. The first kappa shape index (κ1) is 14.4. The Labute approximate surface area is 109 Å². The predicted octanol–water partition coefficient (Wildman–Crippen LogP) is 3.56. The van der Waals surface area contributed by atoms with E-state index >= 15 is 0 Å². The SMILES string of the molecule is CCCCCC(C)Nc1ccc(NC(N)=O)cc1. The zero-order valence-electron chi connectivity index (χ0n) is 11.2. The molecular formula is C14H23N3O. The van der Waals surface area contributed by atoms with Crippen molar-refractivity contribution >= 4 is 17.4 Å². The number of nitrogens with two attached hydrogens (primary N) is 1. The molecule has 0 aromatic heterocycles. The molecule has 4 nitrogen and oxygen atoms in total. The van der Waals surface area contributed by atoms with Gasteiger partial charge in [0, 0.05) is 17.4 Å². The number of rotatable bonds is 7. The molecule has 1 rings (SSSR count). The molecule has 0 saturated carbocycles. The quantitative estimate of drug-likeness (QED) is 0.647. The van der Waals surface area contributed by atoms with Crippen LogP contribution >= 0.6 is 0 Å². The molecule has 1 aromatic carbocycles. The van der Waals surface area contributed by atoms with Crippen molar-refractivity contribution in [2.45, 2.75) is 45.6 Å². The minimum Gasteiger partial charge on any atom is -0.383 e. The fourth-order valence-corrected chi connectivity index (χ4v) is 1.85. The zero-order valence-corrected chi connectivity index (χ0v) is 11.2. The summed E-state index contributed by atoms with van der Waals surface area (Å²) in [6, 6.07) is 7.50. The Bertz CT molecular complexity index is 362. The first-order valence-corrected chi connectivity index (χ1v) is 6.55. The van der Waals surface area contributed by atoms with E-state index in [0.29, 0.717) is 11.7 Å². The van der Waals surface area contributed by atoms with E-state index in [2.05, 4.69) is 24.5 Å². The van der Waals surface area contributed by atoms with E-state index in [1.807, 2.05) is 24.3 Å². The molecule has 1 atom stereocenters. The van der Waals surface area contributed by atoms with E-state index in [0.717, 1.165) is 5.69 Å². The lowest BCUT2D eigenvalue weighted by molar-refractivity contribution is 0.259. The Morgan fingerprint density at radius 1 is 1.22 bits per heavy atom. The van der Waals surface area contributed by atoms with Crippen molar-refractivity contribution in [1.82, 2.24) is 0 Å². The third-order valence-electron chi connectivity index (χ3n) is 2.81. The lowest BCUT2D eigenvalue weighted by Gasteiger charge is -2.15. The average Bonchev–Trinajstić information content (AvgIpc) is 2.31. The fraction of sp³-hybridized carbons (Fsp3) is 0.500. The van der Waals surface area contributed by atoms with Crippen LogP contribution in [-0.4, -0.2) is 12.1 Å². The number of primary amides is 1. The van der Waals surface area contributed by atoms with E-state index in [1.165, 1.54) is 25.7 Å². The molecule has 100 valence electrons. The monoisotopic (exact) mass is 249 g/mol. The Morgan fingerprint density at radius 2 is 1.83 bits per heavy atom. The maximum absolute atomic E-state index is 10.7. The van der Waals surface area contributed by atoms with Gasteiger partial charge in [-0.05, 0) is 37.6 Å². The highest BCUT2D eigenvalue weighted by atomic mass is 16.2. The molecular weight excluding hydrogens is 226 g/mol. The molecule has 2 amide bonds. The molecule has 4 N–H and O–H groups in total. The van der Waals surface area contributed by atoms with Crippen LogP contribution < -0.4 is 16.4 Å². The average molecular weight is 249 g/mol. The van der Waals surface area contributed by atoms with Gasteiger partial charge in [0.1, 0.15) is 0 Å². The molecule has 1 aromatic rings. The second-order valence-electron chi connectivity index (χ2n) is 4.61. The number of urea groups is 1. The summed E-state index contributed by atoms with van der Waals surface area (Å²) in [5.74, 6) is 0. The van der Waals surface area contributed by atoms with Gasteiger partial charge in [-0.1, -0.05) is 26.2 Å². The lowest BCUT2D eigenvalue weighted by atomic mass is 10.1. The molecule has 0 fully saturated rings. The molecule has 4 heteroatoms. The summed E-state index contributed by atoms with van der Waals surface area (Å²) < 4.78 is 0. The first-order valence-electron chi connectivity index (χ1n) is 6.55. The zero-order chi connectivity index (χ0) is 13.4. The summed E-state index contributed by atoms with van der Waals surface area (Å²) in [5.41, 5.74) is 6.82. The summed E-state index contributed by atoms with van der Waals surface area (Å²) in [7, 11) is 0. The highest BCUT2D eigenvalue weighted by molar-refractivity contribution is 5.87. The first-order chi connectivity index (χ1) is 8.61. The van der Waals surface area contributed by atoms with Gasteiger partial charge < -0.3 is 16.4 Å². The summed E-state index contributed by atoms with van der Waals surface area (Å²) >= 11 is 0. The van der Waals surface area contributed by atoms with Gasteiger partial charge in [-0.3, -0.25) is 0 Å².